The van der Waals surface area contributed by atoms with Crippen LogP contribution in [0.4, 0.5) is 0 Å². The van der Waals surface area contributed by atoms with Crippen LogP contribution in [0.15, 0.2) is 22.7 Å². The van der Waals surface area contributed by atoms with E-state index in [1.54, 1.807) is 0 Å². The molecule has 1 aromatic carbocycles. The topological polar surface area (TPSA) is 35.5 Å². The Morgan fingerprint density at radius 2 is 1.95 bits per heavy atom. The van der Waals surface area contributed by atoms with E-state index in [1.165, 1.54) is 32.1 Å². The number of benzene rings is 1. The molecule has 112 valence electrons. The van der Waals surface area contributed by atoms with Crippen molar-refractivity contribution in [1.29, 1.82) is 0 Å². The molecule has 0 radical (unpaired) electrons. The highest BCUT2D eigenvalue weighted by Crippen LogP contribution is 2.32. The van der Waals surface area contributed by atoms with Crippen LogP contribution in [0.2, 0.25) is 0 Å². The smallest absolute Gasteiger partial charge is 0.134 e. The second kappa shape index (κ2) is 6.92. The lowest BCUT2D eigenvalue weighted by Gasteiger charge is -2.43. The van der Waals surface area contributed by atoms with Gasteiger partial charge in [0.25, 0.3) is 0 Å². The van der Waals surface area contributed by atoms with Gasteiger partial charge in [-0.2, -0.15) is 0 Å². The van der Waals surface area contributed by atoms with Crippen LogP contribution in [0, 0.1) is 0 Å². The minimum atomic E-state index is 0.278. The molecule has 3 nitrogen and oxygen atoms in total. The van der Waals surface area contributed by atoms with E-state index in [-0.39, 0.29) is 5.54 Å². The van der Waals surface area contributed by atoms with Crippen molar-refractivity contribution in [3.8, 4) is 5.75 Å². The van der Waals surface area contributed by atoms with Crippen LogP contribution in [-0.4, -0.2) is 36.2 Å². The van der Waals surface area contributed by atoms with Gasteiger partial charge in [0.15, 0.2) is 0 Å². The summed E-state index contributed by atoms with van der Waals surface area (Å²) in [5, 5.41) is 13.5. The number of phenolic OH excluding ortho intramolecular Hbond substituents is 1. The van der Waals surface area contributed by atoms with Crippen LogP contribution in [0.25, 0.3) is 0 Å². The summed E-state index contributed by atoms with van der Waals surface area (Å²) in [4.78, 5) is 2.37. The van der Waals surface area contributed by atoms with Crippen molar-refractivity contribution < 1.29 is 5.11 Å². The fraction of sp³-hybridized carbons (Fsp3) is 0.625. The third-order valence-electron chi connectivity index (χ3n) is 4.57. The summed E-state index contributed by atoms with van der Waals surface area (Å²) >= 11 is 3.36. The summed E-state index contributed by atoms with van der Waals surface area (Å²) < 4.78 is 0.761. The molecule has 0 heterocycles. The predicted octanol–water partition coefficient (Wildman–Crippen LogP) is 3.51. The highest BCUT2D eigenvalue weighted by molar-refractivity contribution is 9.10. The minimum absolute atomic E-state index is 0.278. The average Bonchev–Trinajstić information content (AvgIpc) is 2.44. The van der Waals surface area contributed by atoms with E-state index in [4.69, 9.17) is 0 Å². The number of halogens is 1. The Bertz CT molecular complexity index is 442. The number of hydrogen-bond donors (Lipinski definition) is 2. The quantitative estimate of drug-likeness (QED) is 0.860. The van der Waals surface area contributed by atoms with Gasteiger partial charge in [-0.25, -0.2) is 0 Å². The van der Waals surface area contributed by atoms with Gasteiger partial charge < -0.3 is 15.3 Å². The second-order valence-corrected chi connectivity index (χ2v) is 6.88. The number of phenols is 1. The third-order valence-corrected chi connectivity index (χ3v) is 5.21. The van der Waals surface area contributed by atoms with Crippen molar-refractivity contribution in [2.24, 2.45) is 0 Å². The zero-order chi connectivity index (χ0) is 14.6. The maximum atomic E-state index is 10.0. The first-order valence-corrected chi connectivity index (χ1v) is 8.19. The molecule has 0 saturated heterocycles. The average molecular weight is 341 g/mol. The van der Waals surface area contributed by atoms with Crippen LogP contribution in [-0.2, 0) is 6.54 Å². The van der Waals surface area contributed by atoms with Crippen LogP contribution >= 0.6 is 15.9 Å². The van der Waals surface area contributed by atoms with E-state index in [9.17, 15) is 5.11 Å². The monoisotopic (exact) mass is 340 g/mol. The van der Waals surface area contributed by atoms with Gasteiger partial charge in [0, 0.05) is 24.2 Å². The third kappa shape index (κ3) is 3.54. The van der Waals surface area contributed by atoms with E-state index in [0.29, 0.717) is 12.3 Å². The molecule has 0 spiro atoms. The Morgan fingerprint density at radius 1 is 1.25 bits per heavy atom. The van der Waals surface area contributed by atoms with Gasteiger partial charge in [-0.05, 0) is 48.9 Å². The van der Waals surface area contributed by atoms with Gasteiger partial charge >= 0.3 is 0 Å². The summed E-state index contributed by atoms with van der Waals surface area (Å²) in [7, 11) is 4.37. The van der Waals surface area contributed by atoms with E-state index in [0.717, 1.165) is 16.6 Å². The summed E-state index contributed by atoms with van der Waals surface area (Å²) in [6.45, 7) is 1.69. The molecule has 0 unspecified atom stereocenters. The number of nitrogens with one attached hydrogen (secondary N) is 1. The van der Waals surface area contributed by atoms with Crippen LogP contribution in [0.3, 0.4) is 0 Å². The largest absolute Gasteiger partial charge is 0.506 e. The number of aromatic hydroxyl groups is 1. The van der Waals surface area contributed by atoms with Crippen molar-refractivity contribution in [1.82, 2.24) is 10.2 Å². The zero-order valence-electron chi connectivity index (χ0n) is 12.5. The molecular weight excluding hydrogens is 316 g/mol. The molecule has 1 saturated carbocycles. The Kier molecular flexibility index (Phi) is 5.47. The molecule has 1 aromatic rings. The van der Waals surface area contributed by atoms with Crippen LogP contribution in [0.5, 0.6) is 5.75 Å². The Morgan fingerprint density at radius 3 is 2.60 bits per heavy atom. The first kappa shape index (κ1) is 15.8. The van der Waals surface area contributed by atoms with Crippen molar-refractivity contribution in [2.75, 3.05) is 20.6 Å². The molecule has 0 aliphatic heterocycles. The summed E-state index contributed by atoms with van der Waals surface area (Å²) in [6, 6.07) is 5.79. The van der Waals surface area contributed by atoms with Crippen LogP contribution < -0.4 is 5.32 Å². The highest BCUT2D eigenvalue weighted by Gasteiger charge is 2.33. The van der Waals surface area contributed by atoms with Crippen LogP contribution in [0.1, 0.15) is 37.7 Å². The summed E-state index contributed by atoms with van der Waals surface area (Å²) in [6.07, 6.45) is 6.53. The number of nitrogens with zero attached hydrogens (tertiary/aromatic N) is 1. The lowest BCUT2D eigenvalue weighted by molar-refractivity contribution is 0.0983. The van der Waals surface area contributed by atoms with E-state index < -0.39 is 0 Å². The summed E-state index contributed by atoms with van der Waals surface area (Å²) in [5.41, 5.74) is 1.23. The fourth-order valence-corrected chi connectivity index (χ4v) is 3.53. The van der Waals surface area contributed by atoms with E-state index in [1.807, 2.05) is 18.2 Å². The number of rotatable bonds is 5. The molecule has 0 amide bonds. The van der Waals surface area contributed by atoms with Gasteiger partial charge in [0.05, 0.1) is 4.47 Å². The molecule has 2 rings (SSSR count). The molecule has 1 fully saturated rings. The molecule has 4 heteroatoms. The number of para-hydroxylation sites is 1. The highest BCUT2D eigenvalue weighted by atomic mass is 79.9. The minimum Gasteiger partial charge on any atom is -0.506 e. The van der Waals surface area contributed by atoms with Crippen molar-refractivity contribution >= 4 is 15.9 Å². The Hall–Kier alpha value is -0.580. The van der Waals surface area contributed by atoms with Crippen molar-refractivity contribution in [2.45, 2.75) is 44.2 Å². The van der Waals surface area contributed by atoms with Gasteiger partial charge in [-0.15, -0.1) is 0 Å². The molecule has 1 aliphatic rings. The normalized spacial score (nSPS) is 18.4. The standard InChI is InChI=1S/C16H25BrN2O/c1-19(2)16(9-4-3-5-10-16)12-18-11-13-7-6-8-14(17)15(13)20/h6-8,18,20H,3-5,9-12H2,1-2H3. The lowest BCUT2D eigenvalue weighted by atomic mass is 9.80. The van der Waals surface area contributed by atoms with Gasteiger partial charge in [0.2, 0.25) is 0 Å². The second-order valence-electron chi connectivity index (χ2n) is 6.03. The Balaban J connectivity index is 1.95. The van der Waals surface area contributed by atoms with Gasteiger partial charge in [-0.1, -0.05) is 31.4 Å². The molecule has 20 heavy (non-hydrogen) atoms. The number of hydrogen-bond acceptors (Lipinski definition) is 3. The predicted molar refractivity (Wildman–Crippen MR) is 87.0 cm³/mol. The lowest BCUT2D eigenvalue weighted by Crippen LogP contribution is -2.52. The molecular formula is C16H25BrN2O. The fourth-order valence-electron chi connectivity index (χ4n) is 3.12. The zero-order valence-corrected chi connectivity index (χ0v) is 14.0. The van der Waals surface area contributed by atoms with Crippen molar-refractivity contribution in [3.63, 3.8) is 0 Å². The first-order chi connectivity index (χ1) is 9.55. The maximum absolute atomic E-state index is 10.0. The summed E-state index contributed by atoms with van der Waals surface area (Å²) in [5.74, 6) is 0.350. The van der Waals surface area contributed by atoms with Gasteiger partial charge in [-0.3, -0.25) is 0 Å². The first-order valence-electron chi connectivity index (χ1n) is 7.40. The molecule has 0 aromatic heterocycles. The molecule has 1 aliphatic carbocycles. The SMILES string of the molecule is CN(C)C1(CNCc2cccc(Br)c2O)CCCCC1. The van der Waals surface area contributed by atoms with Gasteiger partial charge in [0.1, 0.15) is 5.75 Å². The molecule has 2 N–H and O–H groups in total. The van der Waals surface area contributed by atoms with Crippen molar-refractivity contribution in [3.05, 3.63) is 28.2 Å². The Labute approximate surface area is 130 Å². The molecule has 0 atom stereocenters. The van der Waals surface area contributed by atoms with E-state index in [2.05, 4.69) is 40.2 Å². The number of likely N-dealkylation sites (N-methyl/N-ethyl adjacent to an activating group) is 1. The molecule has 0 bridgehead atoms. The maximum Gasteiger partial charge on any atom is 0.134 e. The van der Waals surface area contributed by atoms with E-state index >= 15 is 0 Å².